The molecule has 0 saturated carbocycles. The van der Waals surface area contributed by atoms with Crippen molar-refractivity contribution in [2.75, 3.05) is 0 Å². The van der Waals surface area contributed by atoms with E-state index in [1.165, 1.54) is 10.8 Å². The molecule has 0 atom stereocenters. The molecule has 0 aliphatic heterocycles. The van der Waals surface area contributed by atoms with Crippen molar-refractivity contribution >= 4 is 84.3 Å². The van der Waals surface area contributed by atoms with Gasteiger partial charge in [-0.3, -0.25) is 5.41 Å². The number of fused-ring (bicyclic) bond motifs is 9. The van der Waals surface area contributed by atoms with Gasteiger partial charge in [-0.15, -0.1) is 0 Å². The van der Waals surface area contributed by atoms with Gasteiger partial charge in [0.25, 0.3) is 0 Å². The van der Waals surface area contributed by atoms with E-state index >= 15 is 0 Å². The minimum absolute atomic E-state index is 0.310. The number of benzene rings is 9. The molecule has 1 N–H and O–H groups in total. The Morgan fingerprint density at radius 1 is 0.397 bits per heavy atom. The van der Waals surface area contributed by atoms with Crippen molar-refractivity contribution in [3.63, 3.8) is 0 Å². The molecule has 0 spiro atoms. The molecule has 294 valence electrons. The highest BCUT2D eigenvalue weighted by Crippen LogP contribution is 2.40. The SMILES string of the molecule is N=C1C=Cc2c(-c3ccccc3)nc3cc(-c4cccc(-c5nc(-c6cc7ccccc7c7ccccc67)nc(-c6cc7ccccc7c7ccccc67)n5)c4)ccc3c2/C1=N/S. The number of pyridine rings is 1. The van der Waals surface area contributed by atoms with Crippen molar-refractivity contribution in [1.82, 2.24) is 19.9 Å². The van der Waals surface area contributed by atoms with Gasteiger partial charge in [0.2, 0.25) is 0 Å². The smallest absolute Gasteiger partial charge is 0.164 e. The van der Waals surface area contributed by atoms with Gasteiger partial charge in [0.1, 0.15) is 5.71 Å². The van der Waals surface area contributed by atoms with Crippen LogP contribution < -0.4 is 0 Å². The maximum absolute atomic E-state index is 8.70. The average Bonchev–Trinajstić information content (AvgIpc) is 3.35. The van der Waals surface area contributed by atoms with E-state index in [9.17, 15) is 0 Å². The topological polar surface area (TPSA) is 87.8 Å². The van der Waals surface area contributed by atoms with Gasteiger partial charge in [0, 0.05) is 38.8 Å². The van der Waals surface area contributed by atoms with Crippen LogP contribution in [0.15, 0.2) is 192 Å². The Hall–Kier alpha value is -8.13. The van der Waals surface area contributed by atoms with E-state index in [-0.39, 0.29) is 0 Å². The lowest BCUT2D eigenvalue weighted by Gasteiger charge is -2.20. The molecule has 11 aromatic rings. The monoisotopic (exact) mass is 822 g/mol. The van der Waals surface area contributed by atoms with Gasteiger partial charge in [-0.1, -0.05) is 158 Å². The summed E-state index contributed by atoms with van der Waals surface area (Å²) in [4.78, 5) is 21.3. The molecule has 9 aromatic carbocycles. The molecule has 7 heteroatoms. The number of nitrogens with zero attached hydrogens (tertiary/aromatic N) is 5. The van der Waals surface area contributed by atoms with Gasteiger partial charge in [0.15, 0.2) is 17.5 Å². The Balaban J connectivity index is 1.07. The van der Waals surface area contributed by atoms with Gasteiger partial charge in [-0.25, -0.2) is 24.3 Å². The number of nitrogens with one attached hydrogen (secondary N) is 1. The van der Waals surface area contributed by atoms with Crippen LogP contribution in [0.4, 0.5) is 0 Å². The van der Waals surface area contributed by atoms with Crippen LogP contribution >= 0.6 is 12.8 Å². The van der Waals surface area contributed by atoms with Gasteiger partial charge >= 0.3 is 0 Å². The summed E-state index contributed by atoms with van der Waals surface area (Å²) >= 11 is 4.32. The van der Waals surface area contributed by atoms with Crippen molar-refractivity contribution in [1.29, 1.82) is 5.41 Å². The lowest BCUT2D eigenvalue weighted by molar-refractivity contribution is 1.08. The summed E-state index contributed by atoms with van der Waals surface area (Å²) in [7, 11) is 0. The normalized spacial score (nSPS) is 13.2. The van der Waals surface area contributed by atoms with Crippen LogP contribution in [0.2, 0.25) is 0 Å². The van der Waals surface area contributed by atoms with Crippen LogP contribution in [0.5, 0.6) is 0 Å². The molecule has 0 radical (unpaired) electrons. The summed E-state index contributed by atoms with van der Waals surface area (Å²) in [5, 5.41) is 18.7. The molecule has 63 heavy (non-hydrogen) atoms. The van der Waals surface area contributed by atoms with Crippen LogP contribution in [0.3, 0.4) is 0 Å². The summed E-state index contributed by atoms with van der Waals surface area (Å²) in [5.74, 6) is 1.79. The first-order valence-electron chi connectivity index (χ1n) is 20.8. The summed E-state index contributed by atoms with van der Waals surface area (Å²) < 4.78 is 4.29. The summed E-state index contributed by atoms with van der Waals surface area (Å²) in [6, 6.07) is 63.2. The van der Waals surface area contributed by atoms with Crippen molar-refractivity contribution < 1.29 is 0 Å². The Morgan fingerprint density at radius 2 is 0.921 bits per heavy atom. The molecular formula is C56H34N6S. The quantitative estimate of drug-likeness (QED) is 0.134. The highest BCUT2D eigenvalue weighted by Gasteiger charge is 2.25. The Kier molecular flexibility index (Phi) is 8.62. The second-order valence-corrected chi connectivity index (χ2v) is 16.0. The number of allylic oxidation sites excluding steroid dienone is 1. The Labute approximate surface area is 368 Å². The van der Waals surface area contributed by atoms with Gasteiger partial charge in [-0.2, -0.15) is 0 Å². The van der Waals surface area contributed by atoms with E-state index in [2.05, 4.69) is 181 Å². The minimum Gasteiger partial charge on any atom is -0.299 e. The zero-order valence-electron chi connectivity index (χ0n) is 33.7. The molecule has 0 unspecified atom stereocenters. The van der Waals surface area contributed by atoms with E-state index in [4.69, 9.17) is 25.3 Å². The first-order valence-corrected chi connectivity index (χ1v) is 21.2. The third-order valence-electron chi connectivity index (χ3n) is 12.2. The molecule has 2 aromatic heterocycles. The molecule has 0 amide bonds. The van der Waals surface area contributed by atoms with E-state index in [0.717, 1.165) is 93.4 Å². The predicted octanol–water partition coefficient (Wildman–Crippen LogP) is 14.0. The molecule has 1 aliphatic rings. The van der Waals surface area contributed by atoms with Crippen molar-refractivity contribution in [2.24, 2.45) is 4.40 Å². The highest BCUT2D eigenvalue weighted by atomic mass is 32.1. The summed E-state index contributed by atoms with van der Waals surface area (Å²) in [6.07, 6.45) is 3.73. The van der Waals surface area contributed by atoms with Crippen LogP contribution in [0.1, 0.15) is 11.1 Å². The van der Waals surface area contributed by atoms with Crippen LogP contribution in [-0.4, -0.2) is 31.4 Å². The average molecular weight is 823 g/mol. The highest BCUT2D eigenvalue weighted by molar-refractivity contribution is 7.79. The van der Waals surface area contributed by atoms with Crippen molar-refractivity contribution in [3.8, 4) is 56.5 Å². The minimum atomic E-state index is 0.310. The molecule has 0 saturated heterocycles. The van der Waals surface area contributed by atoms with Gasteiger partial charge in [-0.05, 0) is 103 Å². The molecule has 0 bridgehead atoms. The number of aromatic nitrogens is 4. The van der Waals surface area contributed by atoms with Crippen LogP contribution in [0.25, 0.3) is 117 Å². The van der Waals surface area contributed by atoms with Crippen LogP contribution in [-0.2, 0) is 0 Å². The molecule has 6 nitrogen and oxygen atoms in total. The second-order valence-electron chi connectivity index (χ2n) is 15.8. The summed E-state index contributed by atoms with van der Waals surface area (Å²) in [5.41, 5.74) is 9.94. The largest absolute Gasteiger partial charge is 0.299 e. The molecule has 2 heterocycles. The number of hydrogen-bond acceptors (Lipinski definition) is 7. The Bertz CT molecular complexity index is 3640. The molecule has 0 fully saturated rings. The standard InChI is InChI=1S/C56H34N6S/c57-49-28-27-46-51(53(49)62-63)45-26-25-35(32-50(45)58-52(46)33-13-2-1-3-14-33)34-17-12-18-38(29-34)54-59-55(47-30-36-15-4-6-19-39(36)41-21-8-10-23-43(41)47)61-56(60-54)48-31-37-16-5-7-20-40(37)42-22-9-11-24-44(42)48/h1-32,57,63H/b57-49?,62-53+. The fraction of sp³-hybridized carbons (Fsp3) is 0. The van der Waals surface area contributed by atoms with Crippen molar-refractivity contribution in [2.45, 2.75) is 0 Å². The molecule has 12 rings (SSSR count). The fourth-order valence-electron chi connectivity index (χ4n) is 9.24. The maximum atomic E-state index is 8.70. The van der Waals surface area contributed by atoms with Gasteiger partial charge < -0.3 is 0 Å². The Morgan fingerprint density at radius 3 is 1.56 bits per heavy atom. The predicted molar refractivity (Wildman–Crippen MR) is 265 cm³/mol. The van der Waals surface area contributed by atoms with Crippen LogP contribution in [0, 0.1) is 5.41 Å². The third-order valence-corrected chi connectivity index (χ3v) is 12.4. The maximum Gasteiger partial charge on any atom is 0.164 e. The lowest BCUT2D eigenvalue weighted by atomic mass is 9.87. The summed E-state index contributed by atoms with van der Waals surface area (Å²) in [6.45, 7) is 0. The first-order chi connectivity index (χ1) is 31.1. The zero-order chi connectivity index (χ0) is 42.0. The van der Waals surface area contributed by atoms with Crippen molar-refractivity contribution in [3.05, 3.63) is 199 Å². The number of rotatable bonds is 5. The number of thiol groups is 1. The van der Waals surface area contributed by atoms with E-state index in [1.54, 1.807) is 6.08 Å². The zero-order valence-corrected chi connectivity index (χ0v) is 34.6. The third kappa shape index (κ3) is 6.12. The van der Waals surface area contributed by atoms with Gasteiger partial charge in [0.05, 0.1) is 16.9 Å². The van der Waals surface area contributed by atoms with E-state index in [0.29, 0.717) is 28.9 Å². The lowest BCUT2D eigenvalue weighted by Crippen LogP contribution is -2.18. The number of hydrogen-bond donors (Lipinski definition) is 2. The molecule has 1 aliphatic carbocycles. The van der Waals surface area contributed by atoms with E-state index < -0.39 is 0 Å². The fourth-order valence-corrected chi connectivity index (χ4v) is 9.45. The van der Waals surface area contributed by atoms with E-state index in [1.807, 2.05) is 24.3 Å². The first kappa shape index (κ1) is 36.7. The second kappa shape index (κ2) is 14.8. The molecular weight excluding hydrogens is 789 g/mol.